The molecule has 2 aromatic rings. The standard InChI is InChI=1S/C23H31N5/c1-6-14-28(15-7-2)22-13-11-10-12-20(22)26-19(9-4)21-17-25-23(27-21)18(8-3)16-24-5/h8,10-13,16-17,26H,4,6-7,14-15H2,1-3,5H3,(H,25,27)/b18-8+,24-16?. The molecule has 5 heteroatoms. The second-order valence-corrected chi connectivity index (χ2v) is 6.46. The van der Waals surface area contributed by atoms with E-state index in [1.54, 1.807) is 19.5 Å². The van der Waals surface area contributed by atoms with E-state index in [-0.39, 0.29) is 0 Å². The second kappa shape index (κ2) is 11.0. The molecule has 0 radical (unpaired) electrons. The van der Waals surface area contributed by atoms with Crippen LogP contribution in [0.4, 0.5) is 11.4 Å². The molecule has 0 bridgehead atoms. The molecular weight excluding hydrogens is 346 g/mol. The molecule has 0 atom stereocenters. The fourth-order valence-electron chi connectivity index (χ4n) is 3.10. The summed E-state index contributed by atoms with van der Waals surface area (Å²) in [5.74, 6) is 0.768. The lowest BCUT2D eigenvalue weighted by Crippen LogP contribution is -2.25. The first-order valence-electron chi connectivity index (χ1n) is 9.83. The van der Waals surface area contributed by atoms with Crippen molar-refractivity contribution in [2.45, 2.75) is 33.6 Å². The normalized spacial score (nSPS) is 11.5. The summed E-state index contributed by atoms with van der Waals surface area (Å²) in [6.45, 7) is 12.3. The van der Waals surface area contributed by atoms with Crippen LogP contribution in [0.2, 0.25) is 0 Å². The molecule has 0 aliphatic carbocycles. The van der Waals surface area contributed by atoms with E-state index < -0.39 is 0 Å². The molecule has 0 saturated heterocycles. The third kappa shape index (κ3) is 5.24. The maximum absolute atomic E-state index is 4.48. The van der Waals surface area contributed by atoms with Crippen molar-refractivity contribution in [3.8, 4) is 0 Å². The summed E-state index contributed by atoms with van der Waals surface area (Å²) in [4.78, 5) is 14.3. The van der Waals surface area contributed by atoms with Gasteiger partial charge in [0.05, 0.1) is 23.3 Å². The smallest absolute Gasteiger partial charge is 0.139 e. The summed E-state index contributed by atoms with van der Waals surface area (Å²) in [6, 6.07) is 8.36. The summed E-state index contributed by atoms with van der Waals surface area (Å²) >= 11 is 0. The molecule has 1 heterocycles. The van der Waals surface area contributed by atoms with Gasteiger partial charge in [-0.2, -0.15) is 0 Å². The molecule has 0 fully saturated rings. The Morgan fingerprint density at radius 1 is 1.29 bits per heavy atom. The van der Waals surface area contributed by atoms with E-state index in [1.165, 1.54) is 5.69 Å². The van der Waals surface area contributed by atoms with Crippen LogP contribution >= 0.6 is 0 Å². The fourth-order valence-corrected chi connectivity index (χ4v) is 3.10. The van der Waals surface area contributed by atoms with Crippen molar-refractivity contribution in [3.05, 3.63) is 60.4 Å². The molecule has 2 N–H and O–H groups in total. The number of rotatable bonds is 10. The van der Waals surface area contributed by atoms with Crippen molar-refractivity contribution in [1.82, 2.24) is 9.97 Å². The van der Waals surface area contributed by atoms with E-state index >= 15 is 0 Å². The zero-order valence-electron chi connectivity index (χ0n) is 17.4. The molecule has 28 heavy (non-hydrogen) atoms. The van der Waals surface area contributed by atoms with Crippen molar-refractivity contribution in [2.24, 2.45) is 4.99 Å². The number of aromatic nitrogens is 2. The average Bonchev–Trinajstić information content (AvgIpc) is 3.20. The number of nitrogens with one attached hydrogen (secondary N) is 2. The molecule has 0 unspecified atom stereocenters. The lowest BCUT2D eigenvalue weighted by molar-refractivity contribution is 0.746. The highest BCUT2D eigenvalue weighted by atomic mass is 15.1. The number of imidazole rings is 1. The molecule has 2 rings (SSSR count). The summed E-state index contributed by atoms with van der Waals surface area (Å²) in [6.07, 6.45) is 7.77. The van der Waals surface area contributed by atoms with Crippen LogP contribution in [0, 0.1) is 0 Å². The van der Waals surface area contributed by atoms with Crippen LogP contribution in [0.3, 0.4) is 0 Å². The van der Waals surface area contributed by atoms with Crippen LogP contribution in [0.5, 0.6) is 0 Å². The predicted octanol–water partition coefficient (Wildman–Crippen LogP) is 5.38. The van der Waals surface area contributed by atoms with E-state index in [0.29, 0.717) is 0 Å². The second-order valence-electron chi connectivity index (χ2n) is 6.46. The van der Waals surface area contributed by atoms with Crippen molar-refractivity contribution in [1.29, 1.82) is 0 Å². The van der Waals surface area contributed by atoms with Gasteiger partial charge in [0.1, 0.15) is 11.5 Å². The van der Waals surface area contributed by atoms with Crippen molar-refractivity contribution in [2.75, 3.05) is 30.4 Å². The number of hydrogen-bond donors (Lipinski definition) is 2. The Morgan fingerprint density at radius 2 is 2.00 bits per heavy atom. The van der Waals surface area contributed by atoms with Gasteiger partial charge in [-0.15, -0.1) is 5.73 Å². The number of anilines is 2. The molecule has 0 aliphatic rings. The minimum absolute atomic E-state index is 0.767. The van der Waals surface area contributed by atoms with Gasteiger partial charge in [-0.3, -0.25) is 4.99 Å². The molecular formula is C23H31N5. The summed E-state index contributed by atoms with van der Waals surface area (Å²) < 4.78 is 0. The van der Waals surface area contributed by atoms with Crippen LogP contribution in [-0.2, 0) is 0 Å². The number of aliphatic imine (C=N–C) groups is 1. The SMILES string of the molecule is C=C=C(Nc1ccccc1N(CCC)CCC)c1cnc(/C(C=NC)=C/C)[nH]1. The highest BCUT2D eigenvalue weighted by molar-refractivity contribution is 6.08. The van der Waals surface area contributed by atoms with Gasteiger partial charge < -0.3 is 15.2 Å². The van der Waals surface area contributed by atoms with E-state index in [1.807, 2.05) is 19.1 Å². The lowest BCUT2D eigenvalue weighted by Gasteiger charge is -2.26. The molecule has 0 saturated carbocycles. The molecule has 1 aromatic heterocycles. The third-order valence-corrected chi connectivity index (χ3v) is 4.37. The zero-order chi connectivity index (χ0) is 20.4. The molecule has 148 valence electrons. The zero-order valence-corrected chi connectivity index (χ0v) is 17.4. The maximum Gasteiger partial charge on any atom is 0.139 e. The number of hydrogen-bond acceptors (Lipinski definition) is 4. The van der Waals surface area contributed by atoms with Crippen LogP contribution < -0.4 is 10.2 Å². The first-order valence-corrected chi connectivity index (χ1v) is 9.83. The molecule has 0 amide bonds. The lowest BCUT2D eigenvalue weighted by atomic mass is 10.2. The van der Waals surface area contributed by atoms with E-state index in [9.17, 15) is 0 Å². The average molecular weight is 378 g/mol. The predicted molar refractivity (Wildman–Crippen MR) is 122 cm³/mol. The minimum Gasteiger partial charge on any atom is -0.370 e. The van der Waals surface area contributed by atoms with Gasteiger partial charge in [0.15, 0.2) is 0 Å². The highest BCUT2D eigenvalue weighted by Crippen LogP contribution is 2.29. The van der Waals surface area contributed by atoms with Crippen LogP contribution in [0.15, 0.2) is 53.8 Å². The highest BCUT2D eigenvalue weighted by Gasteiger charge is 2.13. The third-order valence-electron chi connectivity index (χ3n) is 4.37. The van der Waals surface area contributed by atoms with Crippen LogP contribution in [0.25, 0.3) is 11.3 Å². The Hall–Kier alpha value is -3.04. The van der Waals surface area contributed by atoms with E-state index in [2.05, 4.69) is 69.5 Å². The van der Waals surface area contributed by atoms with Crippen LogP contribution in [-0.4, -0.2) is 36.3 Å². The van der Waals surface area contributed by atoms with Gasteiger partial charge in [0.25, 0.3) is 0 Å². The van der Waals surface area contributed by atoms with Crippen molar-refractivity contribution in [3.63, 3.8) is 0 Å². The van der Waals surface area contributed by atoms with Gasteiger partial charge in [-0.1, -0.05) is 38.6 Å². The largest absolute Gasteiger partial charge is 0.370 e. The fraction of sp³-hybridized carbons (Fsp3) is 0.348. The maximum atomic E-state index is 4.48. The van der Waals surface area contributed by atoms with Crippen molar-refractivity contribution >= 4 is 28.9 Å². The summed E-state index contributed by atoms with van der Waals surface area (Å²) in [5.41, 5.74) is 7.77. The minimum atomic E-state index is 0.767. The Morgan fingerprint density at radius 3 is 2.61 bits per heavy atom. The Kier molecular flexibility index (Phi) is 8.32. The first-order chi connectivity index (χ1) is 13.7. The van der Waals surface area contributed by atoms with E-state index in [4.69, 9.17) is 0 Å². The molecule has 5 nitrogen and oxygen atoms in total. The monoisotopic (exact) mass is 377 g/mol. The van der Waals surface area contributed by atoms with Gasteiger partial charge in [0.2, 0.25) is 0 Å². The number of allylic oxidation sites excluding steroid dienone is 2. The van der Waals surface area contributed by atoms with Gasteiger partial charge in [-0.25, -0.2) is 4.98 Å². The molecule has 0 aliphatic heterocycles. The Labute approximate surface area is 168 Å². The number of nitrogens with zero attached hydrogens (tertiary/aromatic N) is 3. The Bertz CT molecular complexity index is 863. The van der Waals surface area contributed by atoms with Gasteiger partial charge in [-0.05, 0) is 31.9 Å². The summed E-state index contributed by atoms with van der Waals surface area (Å²) in [7, 11) is 1.75. The van der Waals surface area contributed by atoms with Crippen LogP contribution in [0.1, 0.15) is 45.1 Å². The van der Waals surface area contributed by atoms with Crippen molar-refractivity contribution < 1.29 is 0 Å². The number of aromatic amines is 1. The van der Waals surface area contributed by atoms with Gasteiger partial charge >= 0.3 is 0 Å². The number of H-pyrrole nitrogens is 1. The number of para-hydroxylation sites is 2. The molecule has 1 aromatic carbocycles. The Balaban J connectivity index is 2.32. The quantitative estimate of drug-likeness (QED) is 0.432. The summed E-state index contributed by atoms with van der Waals surface area (Å²) in [5, 5.41) is 3.49. The van der Waals surface area contributed by atoms with Gasteiger partial charge in [0, 0.05) is 31.9 Å². The topological polar surface area (TPSA) is 56.3 Å². The molecule has 0 spiro atoms. The number of benzene rings is 1. The van der Waals surface area contributed by atoms with E-state index in [0.717, 1.165) is 54.4 Å². The first kappa shape index (κ1) is 21.3.